The molecule has 0 bridgehead atoms. The van der Waals surface area contributed by atoms with Gasteiger partial charge in [-0.25, -0.2) is 4.79 Å². The number of carboxylic acids is 1. The first-order chi connectivity index (χ1) is 13.1. The summed E-state index contributed by atoms with van der Waals surface area (Å²) in [6.45, 7) is 1.31. The summed E-state index contributed by atoms with van der Waals surface area (Å²) >= 11 is 1.52. The summed E-state index contributed by atoms with van der Waals surface area (Å²) in [5, 5.41) is 33.3. The summed E-state index contributed by atoms with van der Waals surface area (Å²) < 4.78 is 0. The van der Waals surface area contributed by atoms with Gasteiger partial charge in [0.25, 0.3) is 0 Å². The number of thioether (sulfide) groups is 1. The molecule has 0 fully saturated rings. The Bertz CT molecular complexity index is 668. The monoisotopic (exact) mass is 413 g/mol. The number of hydrogen-bond donors (Lipinski definition) is 6. The summed E-state index contributed by atoms with van der Waals surface area (Å²) in [6, 6.07) is 2.44. The van der Waals surface area contributed by atoms with E-state index in [2.05, 4.69) is 10.6 Å². The molecule has 0 radical (unpaired) electrons. The molecule has 1 aromatic carbocycles. The minimum atomic E-state index is -1.34. The molecule has 28 heavy (non-hydrogen) atoms. The van der Waals surface area contributed by atoms with Crippen molar-refractivity contribution in [2.75, 3.05) is 12.0 Å². The Morgan fingerprint density at radius 2 is 1.75 bits per heavy atom. The maximum absolute atomic E-state index is 12.5. The van der Waals surface area contributed by atoms with Gasteiger partial charge in [0.15, 0.2) is 0 Å². The highest BCUT2D eigenvalue weighted by Crippen LogP contribution is 2.12. The van der Waals surface area contributed by atoms with Gasteiger partial charge in [-0.1, -0.05) is 12.1 Å². The van der Waals surface area contributed by atoms with E-state index in [1.807, 2.05) is 6.26 Å². The molecule has 0 unspecified atom stereocenters. The number of nitrogens with one attached hydrogen (secondary N) is 2. The number of carbonyl (C=O) groups is 3. The highest BCUT2D eigenvalue weighted by Gasteiger charge is 2.30. The second kappa shape index (κ2) is 11.5. The van der Waals surface area contributed by atoms with E-state index in [0.29, 0.717) is 17.7 Å². The van der Waals surface area contributed by atoms with E-state index in [9.17, 15) is 29.7 Å². The zero-order valence-corrected chi connectivity index (χ0v) is 16.6. The van der Waals surface area contributed by atoms with E-state index >= 15 is 0 Å². The Hall–Kier alpha value is -2.30. The van der Waals surface area contributed by atoms with Crippen LogP contribution in [-0.4, -0.2) is 69.3 Å². The van der Waals surface area contributed by atoms with E-state index in [1.54, 1.807) is 0 Å². The molecular weight excluding hydrogens is 386 g/mol. The molecule has 0 saturated carbocycles. The predicted octanol–water partition coefficient (Wildman–Crippen LogP) is -0.550. The SMILES string of the molecule is CSCC[C@H](N)C(=O)N[C@H](C(=O)N[C@@H](Cc1ccc(O)cc1)C(=O)O)[C@@H](C)O. The van der Waals surface area contributed by atoms with E-state index < -0.39 is 42.0 Å². The molecule has 0 aliphatic heterocycles. The fourth-order valence-corrected chi connectivity index (χ4v) is 2.86. The second-order valence-electron chi connectivity index (χ2n) is 6.38. The molecule has 1 rings (SSSR count). The average molecular weight is 413 g/mol. The maximum Gasteiger partial charge on any atom is 0.326 e. The molecule has 7 N–H and O–H groups in total. The molecule has 9 nitrogen and oxygen atoms in total. The second-order valence-corrected chi connectivity index (χ2v) is 7.37. The van der Waals surface area contributed by atoms with E-state index in [0.717, 1.165) is 0 Å². The molecule has 0 heterocycles. The Kier molecular flexibility index (Phi) is 9.77. The number of aliphatic hydroxyl groups is 1. The van der Waals surface area contributed by atoms with Gasteiger partial charge in [-0.05, 0) is 43.0 Å². The molecule has 4 atom stereocenters. The van der Waals surface area contributed by atoms with Crippen molar-refractivity contribution in [3.63, 3.8) is 0 Å². The van der Waals surface area contributed by atoms with Gasteiger partial charge in [0, 0.05) is 6.42 Å². The van der Waals surface area contributed by atoms with Crippen LogP contribution in [0.15, 0.2) is 24.3 Å². The highest BCUT2D eigenvalue weighted by molar-refractivity contribution is 7.98. The van der Waals surface area contributed by atoms with Crippen molar-refractivity contribution in [2.45, 2.75) is 44.0 Å². The Morgan fingerprint density at radius 1 is 1.14 bits per heavy atom. The lowest BCUT2D eigenvalue weighted by Gasteiger charge is -2.24. The van der Waals surface area contributed by atoms with Gasteiger partial charge >= 0.3 is 5.97 Å². The van der Waals surface area contributed by atoms with Crippen molar-refractivity contribution >= 4 is 29.5 Å². The van der Waals surface area contributed by atoms with Crippen LogP contribution in [0.2, 0.25) is 0 Å². The molecule has 0 aromatic heterocycles. The van der Waals surface area contributed by atoms with Crippen LogP contribution in [0, 0.1) is 0 Å². The third-order valence-corrected chi connectivity index (χ3v) is 4.67. The molecule has 2 amide bonds. The summed E-state index contributed by atoms with van der Waals surface area (Å²) in [5.41, 5.74) is 6.35. The zero-order chi connectivity index (χ0) is 21.3. The van der Waals surface area contributed by atoms with Crippen LogP contribution in [0.4, 0.5) is 0 Å². The van der Waals surface area contributed by atoms with Gasteiger partial charge in [0.05, 0.1) is 12.1 Å². The lowest BCUT2D eigenvalue weighted by atomic mass is 10.0. The molecule has 10 heteroatoms. The van der Waals surface area contributed by atoms with Crippen LogP contribution < -0.4 is 16.4 Å². The Labute approximate surface area is 167 Å². The number of hydrogen-bond acceptors (Lipinski definition) is 7. The third kappa shape index (κ3) is 7.75. The fourth-order valence-electron chi connectivity index (χ4n) is 2.37. The number of phenolic OH excluding ortho intramolecular Hbond substituents is 1. The lowest BCUT2D eigenvalue weighted by molar-refractivity contribution is -0.142. The number of aromatic hydroxyl groups is 1. The molecule has 0 spiro atoms. The zero-order valence-electron chi connectivity index (χ0n) is 15.8. The minimum Gasteiger partial charge on any atom is -0.508 e. The van der Waals surface area contributed by atoms with E-state index in [4.69, 9.17) is 5.73 Å². The number of rotatable bonds is 11. The van der Waals surface area contributed by atoms with Gasteiger partial charge in [-0.15, -0.1) is 0 Å². The first kappa shape index (κ1) is 23.7. The number of nitrogens with two attached hydrogens (primary N) is 1. The van der Waals surface area contributed by atoms with Gasteiger partial charge in [0.1, 0.15) is 17.8 Å². The lowest BCUT2D eigenvalue weighted by Crippen LogP contribution is -2.58. The summed E-state index contributed by atoms with van der Waals surface area (Å²) in [6.07, 6.45) is 0.992. The largest absolute Gasteiger partial charge is 0.508 e. The highest BCUT2D eigenvalue weighted by atomic mass is 32.2. The van der Waals surface area contributed by atoms with Crippen LogP contribution in [0.1, 0.15) is 18.9 Å². The molecule has 0 aliphatic carbocycles. The molecule has 0 aliphatic rings. The number of amides is 2. The van der Waals surface area contributed by atoms with Crippen molar-refractivity contribution in [1.82, 2.24) is 10.6 Å². The standard InChI is InChI=1S/C18H27N3O6S/c1-10(22)15(21-16(24)13(19)7-8-28-2)17(25)20-14(18(26)27)9-11-3-5-12(23)6-4-11/h3-6,10,13-15,22-23H,7-9,19H2,1-2H3,(H,20,25)(H,21,24)(H,26,27)/t10-,13+,14+,15+/m1/s1. The Morgan fingerprint density at radius 3 is 2.25 bits per heavy atom. The number of aliphatic carboxylic acids is 1. The summed E-state index contributed by atoms with van der Waals surface area (Å²) in [7, 11) is 0. The normalized spacial score (nSPS) is 15.1. The summed E-state index contributed by atoms with van der Waals surface area (Å²) in [5.74, 6) is -2.00. The van der Waals surface area contributed by atoms with Gasteiger partial charge in [-0.2, -0.15) is 11.8 Å². The maximum atomic E-state index is 12.5. The van der Waals surface area contributed by atoms with Crippen LogP contribution in [0.25, 0.3) is 0 Å². The first-order valence-corrected chi connectivity index (χ1v) is 10.1. The van der Waals surface area contributed by atoms with E-state index in [-0.39, 0.29) is 12.2 Å². The molecular formula is C18H27N3O6S. The van der Waals surface area contributed by atoms with Crippen molar-refractivity contribution < 1.29 is 29.7 Å². The van der Waals surface area contributed by atoms with E-state index in [1.165, 1.54) is 43.0 Å². The topological polar surface area (TPSA) is 162 Å². The fraction of sp³-hybridized carbons (Fsp3) is 0.500. The predicted molar refractivity (Wildman–Crippen MR) is 106 cm³/mol. The van der Waals surface area contributed by atoms with Crippen LogP contribution in [0.3, 0.4) is 0 Å². The van der Waals surface area contributed by atoms with Crippen LogP contribution >= 0.6 is 11.8 Å². The Balaban J connectivity index is 2.79. The van der Waals surface area contributed by atoms with Crippen molar-refractivity contribution in [2.24, 2.45) is 5.73 Å². The van der Waals surface area contributed by atoms with Gasteiger partial charge < -0.3 is 31.7 Å². The van der Waals surface area contributed by atoms with Crippen LogP contribution in [-0.2, 0) is 20.8 Å². The van der Waals surface area contributed by atoms with Gasteiger partial charge in [-0.3, -0.25) is 9.59 Å². The van der Waals surface area contributed by atoms with Crippen molar-refractivity contribution in [3.8, 4) is 5.75 Å². The number of phenols is 1. The average Bonchev–Trinajstić information content (AvgIpc) is 2.64. The van der Waals surface area contributed by atoms with Crippen molar-refractivity contribution in [1.29, 1.82) is 0 Å². The third-order valence-electron chi connectivity index (χ3n) is 4.02. The number of carboxylic acid groups (broad SMARTS) is 1. The summed E-state index contributed by atoms with van der Waals surface area (Å²) in [4.78, 5) is 36.1. The van der Waals surface area contributed by atoms with Crippen LogP contribution in [0.5, 0.6) is 5.75 Å². The number of benzene rings is 1. The van der Waals surface area contributed by atoms with Crippen molar-refractivity contribution in [3.05, 3.63) is 29.8 Å². The van der Waals surface area contributed by atoms with Gasteiger partial charge in [0.2, 0.25) is 11.8 Å². The first-order valence-electron chi connectivity index (χ1n) is 8.69. The smallest absolute Gasteiger partial charge is 0.326 e. The molecule has 1 aromatic rings. The number of aliphatic hydroxyl groups excluding tert-OH is 1. The quantitative estimate of drug-likeness (QED) is 0.281. The minimum absolute atomic E-state index is 0.0327. The molecule has 156 valence electrons. The molecule has 0 saturated heterocycles. The number of carbonyl (C=O) groups excluding carboxylic acids is 2.